The minimum absolute atomic E-state index is 0.0612. The normalized spacial score (nSPS) is 10.5. The van der Waals surface area contributed by atoms with E-state index in [1.165, 1.54) is 42.1 Å². The van der Waals surface area contributed by atoms with Crippen molar-refractivity contribution in [2.45, 2.75) is 10.8 Å². The van der Waals surface area contributed by atoms with E-state index >= 15 is 0 Å². The lowest BCUT2D eigenvalue weighted by Crippen LogP contribution is -2.14. The molecule has 0 atom stereocenters. The zero-order valence-corrected chi connectivity index (χ0v) is 13.8. The molecule has 1 amide bonds. The Balaban J connectivity index is 1.60. The Hall–Kier alpha value is -2.80. The number of carbonyl (C=O) groups excluding carboxylic acids is 1. The van der Waals surface area contributed by atoms with Gasteiger partial charge in [0, 0.05) is 5.75 Å². The monoisotopic (exact) mass is 357 g/mol. The summed E-state index contributed by atoms with van der Waals surface area (Å²) in [4.78, 5) is 12.0. The lowest BCUT2D eigenvalue weighted by Gasteiger charge is -2.05. The number of benzene rings is 2. The van der Waals surface area contributed by atoms with Crippen molar-refractivity contribution in [1.82, 2.24) is 10.2 Å². The Labute approximate surface area is 147 Å². The van der Waals surface area contributed by atoms with Gasteiger partial charge in [0.05, 0.1) is 5.56 Å². The SMILES string of the molecule is O=C(Nc1ccc(SCc2cccc(F)c2)nn1)c1ccccc1F. The molecule has 0 aliphatic heterocycles. The summed E-state index contributed by atoms with van der Waals surface area (Å²) in [7, 11) is 0. The van der Waals surface area contributed by atoms with E-state index < -0.39 is 11.7 Å². The van der Waals surface area contributed by atoms with E-state index in [4.69, 9.17) is 0 Å². The molecule has 3 rings (SSSR count). The van der Waals surface area contributed by atoms with Crippen molar-refractivity contribution in [2.75, 3.05) is 5.32 Å². The predicted molar refractivity (Wildman–Crippen MR) is 92.3 cm³/mol. The number of amides is 1. The second kappa shape index (κ2) is 7.85. The molecule has 0 aliphatic rings. The fraction of sp³-hybridized carbons (Fsp3) is 0.0556. The molecule has 25 heavy (non-hydrogen) atoms. The van der Waals surface area contributed by atoms with Gasteiger partial charge in [-0.25, -0.2) is 8.78 Å². The second-order valence-corrected chi connectivity index (χ2v) is 6.11. The average molecular weight is 357 g/mol. The molecule has 0 fully saturated rings. The third kappa shape index (κ3) is 4.60. The van der Waals surface area contributed by atoms with Crippen LogP contribution in [0.25, 0.3) is 0 Å². The van der Waals surface area contributed by atoms with Crippen molar-refractivity contribution in [2.24, 2.45) is 0 Å². The molecule has 4 nitrogen and oxygen atoms in total. The smallest absolute Gasteiger partial charge is 0.259 e. The Morgan fingerprint density at radius 3 is 2.56 bits per heavy atom. The maximum absolute atomic E-state index is 13.6. The summed E-state index contributed by atoms with van der Waals surface area (Å²) in [5.41, 5.74) is 0.776. The Morgan fingerprint density at radius 2 is 1.84 bits per heavy atom. The highest BCUT2D eigenvalue weighted by Gasteiger charge is 2.11. The summed E-state index contributed by atoms with van der Waals surface area (Å²) in [5.74, 6) is -0.700. The highest BCUT2D eigenvalue weighted by molar-refractivity contribution is 7.98. The van der Waals surface area contributed by atoms with Crippen LogP contribution in [0.5, 0.6) is 0 Å². The first-order valence-electron chi connectivity index (χ1n) is 7.39. The van der Waals surface area contributed by atoms with Crippen LogP contribution in [-0.2, 0) is 5.75 Å². The van der Waals surface area contributed by atoms with Gasteiger partial charge < -0.3 is 5.32 Å². The molecule has 0 aliphatic carbocycles. The van der Waals surface area contributed by atoms with Crippen molar-refractivity contribution in [3.63, 3.8) is 0 Å². The predicted octanol–water partition coefficient (Wildman–Crippen LogP) is 4.30. The van der Waals surface area contributed by atoms with E-state index in [0.29, 0.717) is 10.8 Å². The molecule has 1 aromatic heterocycles. The highest BCUT2D eigenvalue weighted by atomic mass is 32.2. The maximum atomic E-state index is 13.6. The van der Waals surface area contributed by atoms with E-state index in [1.54, 1.807) is 24.3 Å². The molecule has 0 spiro atoms. The van der Waals surface area contributed by atoms with E-state index in [9.17, 15) is 13.6 Å². The van der Waals surface area contributed by atoms with E-state index in [0.717, 1.165) is 5.56 Å². The van der Waals surface area contributed by atoms with Gasteiger partial charge in [0.15, 0.2) is 5.82 Å². The molecule has 0 unspecified atom stereocenters. The molecule has 7 heteroatoms. The average Bonchev–Trinajstić information content (AvgIpc) is 2.61. The first-order chi connectivity index (χ1) is 12.1. The zero-order valence-electron chi connectivity index (χ0n) is 12.9. The van der Waals surface area contributed by atoms with Gasteiger partial charge in [-0.05, 0) is 42.0 Å². The number of nitrogens with one attached hydrogen (secondary N) is 1. The molecule has 1 heterocycles. The maximum Gasteiger partial charge on any atom is 0.259 e. The van der Waals surface area contributed by atoms with Gasteiger partial charge in [-0.15, -0.1) is 10.2 Å². The zero-order chi connectivity index (χ0) is 17.6. The number of halogens is 2. The molecule has 0 saturated heterocycles. The third-order valence-corrected chi connectivity index (χ3v) is 4.27. The molecule has 0 saturated carbocycles. The number of rotatable bonds is 5. The molecule has 126 valence electrons. The van der Waals surface area contributed by atoms with Crippen LogP contribution in [0.3, 0.4) is 0 Å². The van der Waals surface area contributed by atoms with Gasteiger partial charge >= 0.3 is 0 Å². The van der Waals surface area contributed by atoms with Gasteiger partial charge in [-0.1, -0.05) is 36.0 Å². The van der Waals surface area contributed by atoms with Crippen molar-refractivity contribution in [3.05, 3.63) is 83.4 Å². The van der Waals surface area contributed by atoms with Crippen molar-refractivity contribution in [1.29, 1.82) is 0 Å². The molecular weight excluding hydrogens is 344 g/mol. The van der Waals surface area contributed by atoms with Gasteiger partial charge in [0.25, 0.3) is 5.91 Å². The number of hydrogen-bond donors (Lipinski definition) is 1. The summed E-state index contributed by atoms with van der Waals surface area (Å²) in [5, 5.41) is 11.0. The van der Waals surface area contributed by atoms with Crippen molar-refractivity contribution < 1.29 is 13.6 Å². The van der Waals surface area contributed by atoms with Crippen LogP contribution >= 0.6 is 11.8 Å². The Bertz CT molecular complexity index is 887. The summed E-state index contributed by atoms with van der Waals surface area (Å²) in [6.07, 6.45) is 0. The largest absolute Gasteiger partial charge is 0.305 e. The van der Waals surface area contributed by atoms with Crippen LogP contribution in [0.1, 0.15) is 15.9 Å². The van der Waals surface area contributed by atoms with Crippen LogP contribution in [0.15, 0.2) is 65.7 Å². The molecule has 0 radical (unpaired) electrons. The van der Waals surface area contributed by atoms with Crippen LogP contribution in [-0.4, -0.2) is 16.1 Å². The number of anilines is 1. The summed E-state index contributed by atoms with van der Waals surface area (Å²) in [6, 6.07) is 15.3. The van der Waals surface area contributed by atoms with Crippen molar-refractivity contribution >= 4 is 23.5 Å². The van der Waals surface area contributed by atoms with E-state index in [-0.39, 0.29) is 17.2 Å². The first kappa shape index (κ1) is 17.0. The molecule has 3 aromatic rings. The Morgan fingerprint density at radius 1 is 1.00 bits per heavy atom. The van der Waals surface area contributed by atoms with Crippen LogP contribution < -0.4 is 5.32 Å². The molecule has 2 aromatic carbocycles. The summed E-state index contributed by atoms with van der Waals surface area (Å²) >= 11 is 1.40. The van der Waals surface area contributed by atoms with Crippen LogP contribution in [0, 0.1) is 11.6 Å². The number of hydrogen-bond acceptors (Lipinski definition) is 4. The molecular formula is C18H13F2N3OS. The highest BCUT2D eigenvalue weighted by Crippen LogP contribution is 2.21. The first-order valence-corrected chi connectivity index (χ1v) is 8.37. The minimum Gasteiger partial charge on any atom is -0.305 e. The number of thioether (sulfide) groups is 1. The van der Waals surface area contributed by atoms with Gasteiger partial charge in [0.1, 0.15) is 16.7 Å². The van der Waals surface area contributed by atoms with E-state index in [2.05, 4.69) is 15.5 Å². The lowest BCUT2D eigenvalue weighted by atomic mass is 10.2. The number of aromatic nitrogens is 2. The quantitative estimate of drug-likeness (QED) is 0.692. The molecule has 0 bridgehead atoms. The van der Waals surface area contributed by atoms with Crippen LogP contribution in [0.2, 0.25) is 0 Å². The molecule has 1 N–H and O–H groups in total. The number of carbonyl (C=O) groups is 1. The fourth-order valence-electron chi connectivity index (χ4n) is 2.08. The third-order valence-electron chi connectivity index (χ3n) is 3.28. The van der Waals surface area contributed by atoms with Gasteiger partial charge in [-0.2, -0.15) is 0 Å². The topological polar surface area (TPSA) is 54.9 Å². The standard InChI is InChI=1S/C18H13F2N3OS/c19-13-5-3-4-12(10-13)11-25-17-9-8-16(22-23-17)21-18(24)14-6-1-2-7-15(14)20/h1-10H,11H2,(H,21,22,24). The minimum atomic E-state index is -0.602. The van der Waals surface area contributed by atoms with E-state index in [1.807, 2.05) is 6.07 Å². The second-order valence-electron chi connectivity index (χ2n) is 5.11. The van der Waals surface area contributed by atoms with Crippen LogP contribution in [0.4, 0.5) is 14.6 Å². The van der Waals surface area contributed by atoms with Crippen molar-refractivity contribution in [3.8, 4) is 0 Å². The van der Waals surface area contributed by atoms with Gasteiger partial charge in [0.2, 0.25) is 0 Å². The Kier molecular flexibility index (Phi) is 5.35. The number of nitrogens with zero attached hydrogens (tertiary/aromatic N) is 2. The summed E-state index contributed by atoms with van der Waals surface area (Å²) < 4.78 is 26.7. The summed E-state index contributed by atoms with van der Waals surface area (Å²) in [6.45, 7) is 0. The lowest BCUT2D eigenvalue weighted by molar-refractivity contribution is 0.102. The fourth-order valence-corrected chi connectivity index (χ4v) is 2.83. The van der Waals surface area contributed by atoms with Gasteiger partial charge in [-0.3, -0.25) is 4.79 Å².